The Morgan fingerprint density at radius 2 is 1.96 bits per heavy atom. The van der Waals surface area contributed by atoms with Crippen molar-refractivity contribution in [2.75, 3.05) is 53.0 Å². The molecular weight excluding hydrogens is 328 g/mol. The summed E-state index contributed by atoms with van der Waals surface area (Å²) in [7, 11) is 1.71. The highest BCUT2D eigenvalue weighted by atomic mass is 16.5. The Labute approximate surface area is 158 Å². The van der Waals surface area contributed by atoms with Crippen molar-refractivity contribution in [2.45, 2.75) is 32.7 Å². The lowest BCUT2D eigenvalue weighted by atomic mass is 10.0. The van der Waals surface area contributed by atoms with Crippen LogP contribution in [0.1, 0.15) is 26.3 Å². The molecule has 0 amide bonds. The summed E-state index contributed by atoms with van der Waals surface area (Å²) in [6, 6.07) is 8.14. The van der Waals surface area contributed by atoms with Crippen LogP contribution in [-0.4, -0.2) is 69.4 Å². The van der Waals surface area contributed by atoms with Crippen LogP contribution in [0.25, 0.3) is 0 Å². The normalized spacial score (nSPS) is 16.4. The van der Waals surface area contributed by atoms with E-state index in [2.05, 4.69) is 42.4 Å². The predicted octanol–water partition coefficient (Wildman–Crippen LogP) is 1.90. The second kappa shape index (κ2) is 10.4. The van der Waals surface area contributed by atoms with Gasteiger partial charge >= 0.3 is 0 Å². The zero-order valence-corrected chi connectivity index (χ0v) is 16.7. The maximum atomic E-state index is 5.46. The molecule has 1 fully saturated rings. The molecule has 2 N–H and O–H groups in total. The first kappa shape index (κ1) is 20.5. The molecule has 1 saturated heterocycles. The number of ether oxygens (including phenoxy) is 2. The van der Waals surface area contributed by atoms with Crippen LogP contribution in [0.5, 0.6) is 5.75 Å². The van der Waals surface area contributed by atoms with Crippen LogP contribution in [-0.2, 0) is 11.2 Å². The third kappa shape index (κ3) is 6.18. The van der Waals surface area contributed by atoms with Gasteiger partial charge in [-0.05, 0) is 38.8 Å². The lowest BCUT2D eigenvalue weighted by Crippen LogP contribution is -2.52. The molecule has 0 bridgehead atoms. The van der Waals surface area contributed by atoms with E-state index in [-0.39, 0.29) is 5.54 Å². The number of hydrogen-bond acceptors (Lipinski definition) is 4. The summed E-state index contributed by atoms with van der Waals surface area (Å²) in [4.78, 5) is 7.27. The SMILES string of the molecule is CCNC(=NCC(C)(C)N1CCOCC1)NCCc1ccccc1OC. The summed E-state index contributed by atoms with van der Waals surface area (Å²) < 4.78 is 10.9. The molecule has 6 nitrogen and oxygen atoms in total. The summed E-state index contributed by atoms with van der Waals surface area (Å²) in [5.41, 5.74) is 1.22. The molecular formula is C20H34N4O2. The average Bonchev–Trinajstić information content (AvgIpc) is 2.67. The molecule has 0 unspecified atom stereocenters. The van der Waals surface area contributed by atoms with E-state index >= 15 is 0 Å². The fraction of sp³-hybridized carbons (Fsp3) is 0.650. The van der Waals surface area contributed by atoms with Crippen molar-refractivity contribution in [3.63, 3.8) is 0 Å². The zero-order chi connectivity index (χ0) is 18.8. The highest BCUT2D eigenvalue weighted by Gasteiger charge is 2.28. The summed E-state index contributed by atoms with van der Waals surface area (Å²) in [5, 5.41) is 6.77. The van der Waals surface area contributed by atoms with E-state index in [1.807, 2.05) is 18.2 Å². The van der Waals surface area contributed by atoms with Crippen LogP contribution in [0.2, 0.25) is 0 Å². The number of nitrogens with one attached hydrogen (secondary N) is 2. The Bertz CT molecular complexity index is 569. The van der Waals surface area contributed by atoms with Gasteiger partial charge in [-0.15, -0.1) is 0 Å². The van der Waals surface area contributed by atoms with Crippen LogP contribution in [0.15, 0.2) is 29.3 Å². The van der Waals surface area contributed by atoms with Gasteiger partial charge in [0.2, 0.25) is 0 Å². The van der Waals surface area contributed by atoms with E-state index in [0.717, 1.165) is 64.1 Å². The van der Waals surface area contributed by atoms with Gasteiger partial charge in [-0.25, -0.2) is 0 Å². The molecule has 0 radical (unpaired) electrons. The standard InChI is InChI=1S/C20H34N4O2/c1-5-21-19(22-11-10-17-8-6-7-9-18(17)25-4)23-16-20(2,3)24-12-14-26-15-13-24/h6-9H,5,10-16H2,1-4H3,(H2,21,22,23). The third-order valence-corrected chi connectivity index (χ3v) is 4.71. The van der Waals surface area contributed by atoms with Gasteiger partial charge in [-0.3, -0.25) is 9.89 Å². The molecule has 0 aliphatic carbocycles. The zero-order valence-electron chi connectivity index (χ0n) is 16.7. The number of para-hydroxylation sites is 1. The summed E-state index contributed by atoms with van der Waals surface area (Å²) in [6.07, 6.45) is 0.890. The minimum Gasteiger partial charge on any atom is -0.496 e. The summed E-state index contributed by atoms with van der Waals surface area (Å²) >= 11 is 0. The molecule has 1 aromatic carbocycles. The molecule has 146 valence electrons. The molecule has 1 aliphatic rings. The number of nitrogens with zero attached hydrogens (tertiary/aromatic N) is 2. The Morgan fingerprint density at radius 3 is 2.65 bits per heavy atom. The van der Waals surface area contributed by atoms with Gasteiger partial charge in [0.25, 0.3) is 0 Å². The average molecular weight is 363 g/mol. The first-order valence-corrected chi connectivity index (χ1v) is 9.53. The fourth-order valence-electron chi connectivity index (χ4n) is 3.11. The topological polar surface area (TPSA) is 58.1 Å². The van der Waals surface area contributed by atoms with E-state index < -0.39 is 0 Å². The van der Waals surface area contributed by atoms with E-state index in [9.17, 15) is 0 Å². The highest BCUT2D eigenvalue weighted by Crippen LogP contribution is 2.18. The van der Waals surface area contributed by atoms with Gasteiger partial charge in [0.15, 0.2) is 5.96 Å². The molecule has 1 aliphatic heterocycles. The predicted molar refractivity (Wildman–Crippen MR) is 107 cm³/mol. The number of methoxy groups -OCH3 is 1. The minimum atomic E-state index is 0.0226. The molecule has 0 aromatic heterocycles. The second-order valence-electron chi connectivity index (χ2n) is 7.10. The molecule has 1 aromatic rings. The monoisotopic (exact) mass is 362 g/mol. The molecule has 1 heterocycles. The largest absolute Gasteiger partial charge is 0.496 e. The van der Waals surface area contributed by atoms with E-state index in [0.29, 0.717) is 0 Å². The molecule has 0 atom stereocenters. The van der Waals surface area contributed by atoms with Crippen molar-refractivity contribution in [2.24, 2.45) is 4.99 Å². The Kier molecular flexibility index (Phi) is 8.19. The Morgan fingerprint density at radius 1 is 1.23 bits per heavy atom. The number of rotatable bonds is 8. The summed E-state index contributed by atoms with van der Waals surface area (Å²) in [6.45, 7) is 12.6. The van der Waals surface area contributed by atoms with Crippen molar-refractivity contribution in [1.82, 2.24) is 15.5 Å². The maximum Gasteiger partial charge on any atom is 0.191 e. The van der Waals surface area contributed by atoms with E-state index in [4.69, 9.17) is 14.5 Å². The maximum absolute atomic E-state index is 5.46. The van der Waals surface area contributed by atoms with Crippen molar-refractivity contribution in [3.05, 3.63) is 29.8 Å². The Balaban J connectivity index is 1.89. The molecule has 2 rings (SSSR count). The van der Waals surface area contributed by atoms with Crippen molar-refractivity contribution in [1.29, 1.82) is 0 Å². The van der Waals surface area contributed by atoms with Crippen molar-refractivity contribution in [3.8, 4) is 5.75 Å². The quantitative estimate of drug-likeness (QED) is 0.546. The number of aliphatic imine (C=N–C) groups is 1. The lowest BCUT2D eigenvalue weighted by Gasteiger charge is -2.39. The molecule has 0 saturated carbocycles. The van der Waals surface area contributed by atoms with Crippen molar-refractivity contribution >= 4 is 5.96 Å². The van der Waals surface area contributed by atoms with Gasteiger partial charge < -0.3 is 20.1 Å². The van der Waals surface area contributed by atoms with Crippen LogP contribution >= 0.6 is 0 Å². The van der Waals surface area contributed by atoms with Gasteiger partial charge in [-0.2, -0.15) is 0 Å². The first-order valence-electron chi connectivity index (χ1n) is 9.53. The van der Waals surface area contributed by atoms with E-state index in [1.165, 1.54) is 5.56 Å². The van der Waals surface area contributed by atoms with Gasteiger partial charge in [0, 0.05) is 31.7 Å². The Hall–Kier alpha value is -1.79. The van der Waals surface area contributed by atoms with Crippen LogP contribution in [0.4, 0.5) is 0 Å². The van der Waals surface area contributed by atoms with Crippen LogP contribution < -0.4 is 15.4 Å². The van der Waals surface area contributed by atoms with Gasteiger partial charge in [-0.1, -0.05) is 18.2 Å². The highest BCUT2D eigenvalue weighted by molar-refractivity contribution is 5.79. The van der Waals surface area contributed by atoms with Crippen molar-refractivity contribution < 1.29 is 9.47 Å². The minimum absolute atomic E-state index is 0.0226. The third-order valence-electron chi connectivity index (χ3n) is 4.71. The lowest BCUT2D eigenvalue weighted by molar-refractivity contribution is -0.00683. The van der Waals surface area contributed by atoms with Gasteiger partial charge in [0.05, 0.1) is 26.9 Å². The molecule has 6 heteroatoms. The number of hydrogen-bond donors (Lipinski definition) is 2. The van der Waals surface area contributed by atoms with Gasteiger partial charge in [0.1, 0.15) is 5.75 Å². The smallest absolute Gasteiger partial charge is 0.191 e. The van der Waals surface area contributed by atoms with Crippen LogP contribution in [0.3, 0.4) is 0 Å². The fourth-order valence-corrected chi connectivity index (χ4v) is 3.11. The number of morpholine rings is 1. The first-order chi connectivity index (χ1) is 12.6. The molecule has 0 spiro atoms. The van der Waals surface area contributed by atoms with E-state index in [1.54, 1.807) is 7.11 Å². The summed E-state index contributed by atoms with van der Waals surface area (Å²) in [5.74, 6) is 1.80. The number of benzene rings is 1. The van der Waals surface area contributed by atoms with Crippen LogP contribution in [0, 0.1) is 0 Å². The molecule has 26 heavy (non-hydrogen) atoms. The second-order valence-corrected chi connectivity index (χ2v) is 7.10. The number of guanidine groups is 1.